The number of nitrogens with one attached hydrogen (secondary N) is 1. The van der Waals surface area contributed by atoms with Crippen molar-refractivity contribution in [3.05, 3.63) is 29.8 Å². The van der Waals surface area contributed by atoms with Crippen molar-refractivity contribution in [3.8, 4) is 0 Å². The van der Waals surface area contributed by atoms with Gasteiger partial charge < -0.3 is 5.32 Å². The lowest BCUT2D eigenvalue weighted by Crippen LogP contribution is -2.38. The second kappa shape index (κ2) is 8.99. The van der Waals surface area contributed by atoms with E-state index in [1.165, 1.54) is 0 Å². The van der Waals surface area contributed by atoms with Crippen LogP contribution in [0, 0.1) is 5.41 Å². The molecule has 4 heteroatoms. The molecule has 0 fully saturated rings. The molecular formula is C18H27NO2S. The Kier molecular flexibility index (Phi) is 7.66. The summed E-state index contributed by atoms with van der Waals surface area (Å²) in [5, 5.41) is 2.94. The minimum atomic E-state index is -0.679. The molecule has 0 unspecified atom stereocenters. The first kappa shape index (κ1) is 18.8. The normalized spacial score (nSPS) is 11.3. The van der Waals surface area contributed by atoms with Gasteiger partial charge in [-0.05, 0) is 24.8 Å². The van der Waals surface area contributed by atoms with Crippen LogP contribution in [0.1, 0.15) is 56.8 Å². The smallest absolute Gasteiger partial charge is 0.226 e. The van der Waals surface area contributed by atoms with Gasteiger partial charge in [-0.25, -0.2) is 0 Å². The van der Waals surface area contributed by atoms with Gasteiger partial charge in [-0.15, -0.1) is 11.8 Å². The molecule has 0 aliphatic rings. The van der Waals surface area contributed by atoms with Crippen LogP contribution in [0.3, 0.4) is 0 Å². The molecule has 0 aliphatic heterocycles. The van der Waals surface area contributed by atoms with Crippen LogP contribution in [-0.2, 0) is 4.79 Å². The summed E-state index contributed by atoms with van der Waals surface area (Å²) in [6, 6.07) is 7.55. The first-order chi connectivity index (χ1) is 10.4. The molecule has 0 saturated carbocycles. The van der Waals surface area contributed by atoms with E-state index in [1.807, 2.05) is 44.4 Å². The van der Waals surface area contributed by atoms with Crippen molar-refractivity contribution >= 4 is 23.5 Å². The van der Waals surface area contributed by atoms with Crippen molar-refractivity contribution in [2.75, 3.05) is 12.8 Å². The second-order valence-corrected chi connectivity index (χ2v) is 7.05. The number of benzene rings is 1. The van der Waals surface area contributed by atoms with Gasteiger partial charge in [0.05, 0.1) is 5.41 Å². The number of rotatable bonds is 9. The molecule has 0 atom stereocenters. The molecule has 122 valence electrons. The van der Waals surface area contributed by atoms with E-state index >= 15 is 0 Å². The average molecular weight is 321 g/mol. The lowest BCUT2D eigenvalue weighted by molar-refractivity contribution is -0.129. The van der Waals surface area contributed by atoms with Crippen molar-refractivity contribution in [2.45, 2.75) is 51.3 Å². The molecule has 1 aromatic rings. The minimum absolute atomic E-state index is 0.0151. The van der Waals surface area contributed by atoms with E-state index in [2.05, 4.69) is 12.2 Å². The second-order valence-electron chi connectivity index (χ2n) is 6.18. The Morgan fingerprint density at radius 3 is 2.32 bits per heavy atom. The van der Waals surface area contributed by atoms with Crippen LogP contribution in [0.2, 0.25) is 0 Å². The molecule has 1 amide bonds. The van der Waals surface area contributed by atoms with Crippen LogP contribution in [0.5, 0.6) is 0 Å². The summed E-state index contributed by atoms with van der Waals surface area (Å²) in [6.45, 7) is 6.48. The number of ketones is 1. The predicted octanol–water partition coefficient (Wildman–Crippen LogP) is 4.31. The molecule has 22 heavy (non-hydrogen) atoms. The summed E-state index contributed by atoms with van der Waals surface area (Å²) < 4.78 is 0. The van der Waals surface area contributed by atoms with Crippen LogP contribution in [0.4, 0.5) is 0 Å². The number of carbonyl (C=O) groups is 2. The average Bonchev–Trinajstić information content (AvgIpc) is 2.51. The van der Waals surface area contributed by atoms with E-state index in [1.54, 1.807) is 11.8 Å². The Morgan fingerprint density at radius 1 is 1.14 bits per heavy atom. The van der Waals surface area contributed by atoms with Crippen LogP contribution < -0.4 is 5.32 Å². The number of carbonyl (C=O) groups excluding carboxylic acids is 2. The van der Waals surface area contributed by atoms with Gasteiger partial charge in [0.25, 0.3) is 0 Å². The Balaban J connectivity index is 2.57. The first-order valence-electron chi connectivity index (χ1n) is 7.86. The Bertz CT molecular complexity index is 494. The Morgan fingerprint density at radius 2 is 1.77 bits per heavy atom. The van der Waals surface area contributed by atoms with E-state index < -0.39 is 5.41 Å². The maximum atomic E-state index is 12.4. The SMILES string of the molecule is CCCCCNC(=O)C(C)(C)CC(=O)c1ccc(SC)cc1. The molecule has 0 heterocycles. The fourth-order valence-corrected chi connectivity index (χ4v) is 2.59. The van der Waals surface area contributed by atoms with Gasteiger partial charge in [-0.3, -0.25) is 9.59 Å². The Hall–Kier alpha value is -1.29. The van der Waals surface area contributed by atoms with E-state index in [9.17, 15) is 9.59 Å². The van der Waals surface area contributed by atoms with E-state index in [-0.39, 0.29) is 18.1 Å². The van der Waals surface area contributed by atoms with Crippen LogP contribution in [-0.4, -0.2) is 24.5 Å². The molecule has 1 rings (SSSR count). The van der Waals surface area contributed by atoms with Gasteiger partial charge in [0, 0.05) is 23.4 Å². The maximum absolute atomic E-state index is 12.4. The highest BCUT2D eigenvalue weighted by atomic mass is 32.2. The number of unbranched alkanes of at least 4 members (excludes halogenated alkanes) is 2. The van der Waals surface area contributed by atoms with Gasteiger partial charge in [-0.2, -0.15) is 0 Å². The fraction of sp³-hybridized carbons (Fsp3) is 0.556. The topological polar surface area (TPSA) is 46.2 Å². The summed E-state index contributed by atoms with van der Waals surface area (Å²) in [6.07, 6.45) is 5.46. The molecular weight excluding hydrogens is 294 g/mol. The van der Waals surface area contributed by atoms with Gasteiger partial charge in [0.15, 0.2) is 5.78 Å². The highest BCUT2D eigenvalue weighted by Crippen LogP contribution is 2.24. The van der Waals surface area contributed by atoms with E-state index in [0.717, 1.165) is 24.2 Å². The van der Waals surface area contributed by atoms with Gasteiger partial charge >= 0.3 is 0 Å². The third-order valence-electron chi connectivity index (χ3n) is 3.70. The van der Waals surface area contributed by atoms with Gasteiger partial charge in [-0.1, -0.05) is 45.7 Å². The largest absolute Gasteiger partial charge is 0.356 e. The molecule has 0 aliphatic carbocycles. The quantitative estimate of drug-likeness (QED) is 0.419. The lowest BCUT2D eigenvalue weighted by atomic mass is 9.84. The molecule has 0 saturated heterocycles. The van der Waals surface area contributed by atoms with Gasteiger partial charge in [0.2, 0.25) is 5.91 Å². The zero-order valence-corrected chi connectivity index (χ0v) is 14.9. The van der Waals surface area contributed by atoms with Crippen molar-refractivity contribution in [3.63, 3.8) is 0 Å². The van der Waals surface area contributed by atoms with Crippen molar-refractivity contribution in [1.82, 2.24) is 5.32 Å². The molecule has 0 spiro atoms. The van der Waals surface area contributed by atoms with Crippen LogP contribution in [0.25, 0.3) is 0 Å². The highest BCUT2D eigenvalue weighted by Gasteiger charge is 2.30. The lowest BCUT2D eigenvalue weighted by Gasteiger charge is -2.23. The maximum Gasteiger partial charge on any atom is 0.226 e. The van der Waals surface area contributed by atoms with Crippen molar-refractivity contribution < 1.29 is 9.59 Å². The summed E-state index contributed by atoms with van der Waals surface area (Å²) in [7, 11) is 0. The summed E-state index contributed by atoms with van der Waals surface area (Å²) >= 11 is 1.64. The van der Waals surface area contributed by atoms with Crippen LogP contribution >= 0.6 is 11.8 Å². The van der Waals surface area contributed by atoms with Crippen LogP contribution in [0.15, 0.2) is 29.2 Å². The highest BCUT2D eigenvalue weighted by molar-refractivity contribution is 7.98. The molecule has 0 bridgehead atoms. The van der Waals surface area contributed by atoms with Crippen molar-refractivity contribution in [2.24, 2.45) is 5.41 Å². The third kappa shape index (κ3) is 5.84. The fourth-order valence-electron chi connectivity index (χ4n) is 2.18. The monoisotopic (exact) mass is 321 g/mol. The first-order valence-corrected chi connectivity index (χ1v) is 9.08. The third-order valence-corrected chi connectivity index (χ3v) is 4.44. The van der Waals surface area contributed by atoms with Crippen molar-refractivity contribution in [1.29, 1.82) is 0 Å². The summed E-state index contributed by atoms with van der Waals surface area (Å²) in [5.41, 5.74) is -0.00811. The molecule has 0 radical (unpaired) electrons. The minimum Gasteiger partial charge on any atom is -0.356 e. The number of hydrogen-bond donors (Lipinski definition) is 1. The molecule has 1 aromatic carbocycles. The summed E-state index contributed by atoms with van der Waals surface area (Å²) in [5.74, 6) is -0.0287. The van der Waals surface area contributed by atoms with E-state index in [0.29, 0.717) is 12.1 Å². The molecule has 3 nitrogen and oxygen atoms in total. The standard InChI is InChI=1S/C18H27NO2S/c1-5-6-7-12-19-17(21)18(2,3)13-16(20)14-8-10-15(22-4)11-9-14/h8-11H,5-7,12-13H2,1-4H3,(H,19,21). The summed E-state index contributed by atoms with van der Waals surface area (Å²) in [4.78, 5) is 25.7. The molecule has 0 aromatic heterocycles. The number of hydrogen-bond acceptors (Lipinski definition) is 3. The number of Topliss-reactive ketones (excluding diaryl/α,β-unsaturated/α-hetero) is 1. The Labute approximate surface area is 138 Å². The zero-order valence-electron chi connectivity index (χ0n) is 14.1. The number of amides is 1. The molecule has 1 N–H and O–H groups in total. The number of thioether (sulfide) groups is 1. The zero-order chi connectivity index (χ0) is 16.6. The predicted molar refractivity (Wildman–Crippen MR) is 93.5 cm³/mol. The van der Waals surface area contributed by atoms with Gasteiger partial charge in [0.1, 0.15) is 0 Å². The van der Waals surface area contributed by atoms with E-state index in [4.69, 9.17) is 0 Å².